The monoisotopic (exact) mass is 449 g/mol. The lowest BCUT2D eigenvalue weighted by atomic mass is 9.94. The predicted octanol–water partition coefficient (Wildman–Crippen LogP) is 4.08. The number of carbonyl (C=O) groups excluding carboxylic acids is 2. The molecule has 33 heavy (non-hydrogen) atoms. The van der Waals surface area contributed by atoms with Gasteiger partial charge in [0.15, 0.2) is 23.0 Å². The molecule has 0 aliphatic carbocycles. The summed E-state index contributed by atoms with van der Waals surface area (Å²) in [5.74, 6) is -0.762. The van der Waals surface area contributed by atoms with Gasteiger partial charge in [-0.25, -0.2) is 0 Å². The minimum absolute atomic E-state index is 0.0170. The third kappa shape index (κ3) is 3.91. The number of furan rings is 1. The fraction of sp³-hybridized carbons (Fsp3) is 0.200. The molecule has 3 aromatic rings. The van der Waals surface area contributed by atoms with Gasteiger partial charge < -0.3 is 28.6 Å². The van der Waals surface area contributed by atoms with Crippen LogP contribution in [0.15, 0.2) is 76.6 Å². The second-order valence-corrected chi connectivity index (χ2v) is 7.35. The molecule has 8 nitrogen and oxygen atoms in total. The van der Waals surface area contributed by atoms with E-state index in [4.69, 9.17) is 18.6 Å². The molecule has 0 bridgehead atoms. The van der Waals surface area contributed by atoms with Crippen LogP contribution in [0.5, 0.6) is 17.2 Å². The molecular formula is C25H23NO7. The molecule has 1 aliphatic heterocycles. The summed E-state index contributed by atoms with van der Waals surface area (Å²) in [6, 6.07) is 14.8. The molecule has 1 aromatic heterocycles. The van der Waals surface area contributed by atoms with Crippen molar-refractivity contribution in [2.45, 2.75) is 12.6 Å². The zero-order valence-electron chi connectivity index (χ0n) is 18.4. The highest BCUT2D eigenvalue weighted by molar-refractivity contribution is 6.15. The van der Waals surface area contributed by atoms with E-state index in [2.05, 4.69) is 0 Å². The van der Waals surface area contributed by atoms with Crippen molar-refractivity contribution >= 4 is 11.7 Å². The second-order valence-electron chi connectivity index (χ2n) is 7.35. The molecule has 4 rings (SSSR count). The van der Waals surface area contributed by atoms with Crippen molar-refractivity contribution in [3.8, 4) is 17.2 Å². The summed E-state index contributed by atoms with van der Waals surface area (Å²) in [6.45, 7) is 0.167. The Balaban J connectivity index is 1.88. The van der Waals surface area contributed by atoms with Gasteiger partial charge in [-0.2, -0.15) is 0 Å². The number of ketones is 1. The van der Waals surface area contributed by atoms with Gasteiger partial charge in [-0.3, -0.25) is 9.59 Å². The Bertz CT molecular complexity index is 1170. The van der Waals surface area contributed by atoms with Gasteiger partial charge in [-0.1, -0.05) is 30.3 Å². The third-order valence-electron chi connectivity index (χ3n) is 5.49. The first-order chi connectivity index (χ1) is 16.0. The highest BCUT2D eigenvalue weighted by Crippen LogP contribution is 2.46. The summed E-state index contributed by atoms with van der Waals surface area (Å²) in [7, 11) is 4.44. The van der Waals surface area contributed by atoms with Crippen molar-refractivity contribution in [3.05, 3.63) is 89.1 Å². The molecule has 0 fully saturated rings. The number of nitrogens with zero attached hydrogens (tertiary/aromatic N) is 1. The first kappa shape index (κ1) is 22.0. The van der Waals surface area contributed by atoms with Crippen molar-refractivity contribution in [2.75, 3.05) is 21.3 Å². The second kappa shape index (κ2) is 9.12. The van der Waals surface area contributed by atoms with Crippen LogP contribution in [0.1, 0.15) is 27.7 Å². The number of Topliss-reactive ketones (excluding diaryl/α,β-unsaturated/α-hetero) is 1. The van der Waals surface area contributed by atoms with Crippen molar-refractivity contribution in [1.29, 1.82) is 0 Å². The van der Waals surface area contributed by atoms with Crippen LogP contribution in [0.2, 0.25) is 0 Å². The summed E-state index contributed by atoms with van der Waals surface area (Å²) in [4.78, 5) is 27.9. The van der Waals surface area contributed by atoms with E-state index < -0.39 is 23.5 Å². The number of hydrogen-bond acceptors (Lipinski definition) is 7. The number of methoxy groups -OCH3 is 3. The number of aliphatic hydroxyl groups excluding tert-OH is 1. The van der Waals surface area contributed by atoms with Gasteiger partial charge in [0.25, 0.3) is 5.91 Å². The summed E-state index contributed by atoms with van der Waals surface area (Å²) in [6.07, 6.45) is 1.36. The van der Waals surface area contributed by atoms with E-state index in [1.165, 1.54) is 38.6 Å². The minimum Gasteiger partial charge on any atom is -0.503 e. The van der Waals surface area contributed by atoms with E-state index in [-0.39, 0.29) is 17.9 Å². The molecule has 0 saturated carbocycles. The molecular weight excluding hydrogens is 426 g/mol. The van der Waals surface area contributed by atoms with Gasteiger partial charge in [0.2, 0.25) is 11.5 Å². The topological polar surface area (TPSA) is 98.4 Å². The van der Waals surface area contributed by atoms with E-state index in [1.54, 1.807) is 18.2 Å². The summed E-state index contributed by atoms with van der Waals surface area (Å²) in [5.41, 5.74) is 1.26. The van der Waals surface area contributed by atoms with Gasteiger partial charge >= 0.3 is 0 Å². The van der Waals surface area contributed by atoms with Crippen LogP contribution in [-0.2, 0) is 11.3 Å². The first-order valence-corrected chi connectivity index (χ1v) is 10.2. The Hall–Kier alpha value is -4.20. The number of carbonyl (C=O) groups is 2. The highest BCUT2D eigenvalue weighted by atomic mass is 16.5. The van der Waals surface area contributed by atoms with E-state index in [9.17, 15) is 14.7 Å². The van der Waals surface area contributed by atoms with Crippen LogP contribution >= 0.6 is 0 Å². The molecule has 2 heterocycles. The fourth-order valence-corrected chi connectivity index (χ4v) is 3.98. The van der Waals surface area contributed by atoms with Crippen LogP contribution in [-0.4, -0.2) is 43.0 Å². The molecule has 170 valence electrons. The average molecular weight is 449 g/mol. The zero-order valence-corrected chi connectivity index (χ0v) is 18.4. The van der Waals surface area contributed by atoms with E-state index in [0.717, 1.165) is 5.56 Å². The number of benzene rings is 2. The molecule has 2 aromatic carbocycles. The smallest absolute Gasteiger partial charge is 0.290 e. The zero-order chi connectivity index (χ0) is 23.5. The molecule has 1 atom stereocenters. The maximum absolute atomic E-state index is 13.3. The molecule has 0 saturated heterocycles. The van der Waals surface area contributed by atoms with E-state index >= 15 is 0 Å². The molecule has 1 amide bonds. The van der Waals surface area contributed by atoms with Crippen molar-refractivity contribution in [3.63, 3.8) is 0 Å². The SMILES string of the molecule is COc1cc(C2C(C(=O)c3ccco3)=C(O)C(=O)N2Cc2ccccc2)cc(OC)c1OC. The number of amides is 1. The summed E-state index contributed by atoms with van der Waals surface area (Å²) < 4.78 is 21.6. The van der Waals surface area contributed by atoms with E-state index in [1.807, 2.05) is 30.3 Å². The van der Waals surface area contributed by atoms with Crippen LogP contribution in [0, 0.1) is 0 Å². The molecule has 8 heteroatoms. The lowest BCUT2D eigenvalue weighted by molar-refractivity contribution is -0.130. The number of ether oxygens (including phenoxy) is 3. The number of rotatable bonds is 8. The normalized spacial score (nSPS) is 15.7. The Morgan fingerprint density at radius 3 is 2.21 bits per heavy atom. The lowest BCUT2D eigenvalue weighted by Crippen LogP contribution is -2.30. The molecule has 1 unspecified atom stereocenters. The molecule has 1 aliphatic rings. The molecule has 0 spiro atoms. The average Bonchev–Trinajstić information content (AvgIpc) is 3.47. The largest absolute Gasteiger partial charge is 0.503 e. The summed E-state index contributed by atoms with van der Waals surface area (Å²) in [5, 5.41) is 10.8. The first-order valence-electron chi connectivity index (χ1n) is 10.2. The fourth-order valence-electron chi connectivity index (χ4n) is 3.98. The Morgan fingerprint density at radius 1 is 1.00 bits per heavy atom. The van der Waals surface area contributed by atoms with Gasteiger partial charge in [0.05, 0.1) is 39.2 Å². The van der Waals surface area contributed by atoms with Crippen LogP contribution < -0.4 is 14.2 Å². The van der Waals surface area contributed by atoms with Gasteiger partial charge in [-0.05, 0) is 35.4 Å². The van der Waals surface area contributed by atoms with Gasteiger partial charge in [0, 0.05) is 6.54 Å². The molecule has 1 N–H and O–H groups in total. The van der Waals surface area contributed by atoms with Crippen molar-refractivity contribution in [1.82, 2.24) is 4.90 Å². The van der Waals surface area contributed by atoms with Gasteiger partial charge in [-0.15, -0.1) is 0 Å². The van der Waals surface area contributed by atoms with Crippen LogP contribution in [0.4, 0.5) is 0 Å². The summed E-state index contributed by atoms with van der Waals surface area (Å²) >= 11 is 0. The Kier molecular flexibility index (Phi) is 6.08. The Morgan fingerprint density at radius 2 is 1.67 bits per heavy atom. The maximum Gasteiger partial charge on any atom is 0.290 e. The Labute approximate surface area is 190 Å². The molecule has 0 radical (unpaired) electrons. The standard InChI is InChI=1S/C25H23NO7/c1-30-18-12-16(13-19(31-2)24(18)32-3)21-20(22(27)17-10-7-11-33-17)23(28)25(29)26(21)14-15-8-5-4-6-9-15/h4-13,21,28H,14H2,1-3H3. The lowest BCUT2D eigenvalue weighted by Gasteiger charge is -2.28. The van der Waals surface area contributed by atoms with Crippen molar-refractivity contribution in [2.24, 2.45) is 0 Å². The van der Waals surface area contributed by atoms with Crippen LogP contribution in [0.3, 0.4) is 0 Å². The predicted molar refractivity (Wildman–Crippen MR) is 119 cm³/mol. The van der Waals surface area contributed by atoms with Crippen molar-refractivity contribution < 1.29 is 33.3 Å². The van der Waals surface area contributed by atoms with Gasteiger partial charge in [0.1, 0.15) is 0 Å². The van der Waals surface area contributed by atoms with E-state index in [0.29, 0.717) is 22.8 Å². The third-order valence-corrected chi connectivity index (χ3v) is 5.49. The number of hydrogen-bond donors (Lipinski definition) is 1. The number of aliphatic hydroxyl groups is 1. The maximum atomic E-state index is 13.3. The highest BCUT2D eigenvalue weighted by Gasteiger charge is 2.45. The quantitative estimate of drug-likeness (QED) is 0.517. The van der Waals surface area contributed by atoms with Crippen LogP contribution in [0.25, 0.3) is 0 Å². The minimum atomic E-state index is -0.913.